The zero-order chi connectivity index (χ0) is 4.24. The summed E-state index contributed by atoms with van der Waals surface area (Å²) >= 11 is 0. The molecule has 1 saturated heterocycles. The number of hydrogen-bond acceptors (Lipinski definition) is 1. The van der Waals surface area contributed by atoms with Gasteiger partial charge in [0.25, 0.3) is 0 Å². The van der Waals surface area contributed by atoms with E-state index in [1.165, 1.54) is 25.9 Å². The maximum absolute atomic E-state index is 3.25. The minimum atomic E-state index is 1.19. The Bertz CT molecular complexity index is 19.4. The Kier molecular flexibility index (Phi) is 1.39. The first kappa shape index (κ1) is 4.00. The molecule has 1 nitrogen and oxygen atoms in total. The number of rotatable bonds is 0. The molecular formula is C5H10N+. The Morgan fingerprint density at radius 1 is 1.17 bits per heavy atom. The molecule has 1 heteroatoms. The first-order chi connectivity index (χ1) is 3.00. The lowest BCUT2D eigenvalue weighted by atomic mass is 10.2. The molecule has 34 valence electrons. The Morgan fingerprint density at radius 3 is 2.00 bits per heavy atom. The van der Waals surface area contributed by atoms with E-state index in [-0.39, 0.29) is 0 Å². The molecule has 1 N–H and O–H groups in total. The summed E-state index contributed by atoms with van der Waals surface area (Å²) in [4.78, 5) is 0. The maximum Gasteiger partial charge on any atom is 0.1000 e. The van der Waals surface area contributed by atoms with Gasteiger partial charge in [-0.05, 0) is 0 Å². The van der Waals surface area contributed by atoms with Crippen molar-refractivity contribution < 1.29 is 0 Å². The predicted molar refractivity (Wildman–Crippen MR) is 26.4 cm³/mol. The molecule has 0 aromatic rings. The number of nitrogens with one attached hydrogen (secondary N) is 1. The molecule has 0 aliphatic carbocycles. The SMILES string of the molecule is [CH+]1CCNCC1. The molecule has 0 amide bonds. The van der Waals surface area contributed by atoms with Gasteiger partial charge in [-0.2, -0.15) is 0 Å². The Morgan fingerprint density at radius 2 is 1.83 bits per heavy atom. The molecule has 0 aromatic heterocycles. The van der Waals surface area contributed by atoms with Crippen molar-refractivity contribution in [2.24, 2.45) is 0 Å². The van der Waals surface area contributed by atoms with Crippen LogP contribution in [0.3, 0.4) is 0 Å². The summed E-state index contributed by atoms with van der Waals surface area (Å²) < 4.78 is 0. The van der Waals surface area contributed by atoms with Gasteiger partial charge >= 0.3 is 0 Å². The van der Waals surface area contributed by atoms with E-state index in [0.717, 1.165) is 0 Å². The summed E-state index contributed by atoms with van der Waals surface area (Å²) in [6.07, 6.45) is 4.86. The monoisotopic (exact) mass is 84.1 g/mol. The molecule has 0 spiro atoms. The minimum Gasteiger partial charge on any atom is -0.308 e. The van der Waals surface area contributed by atoms with E-state index in [1.807, 2.05) is 0 Å². The highest BCUT2D eigenvalue weighted by Gasteiger charge is 2.02. The van der Waals surface area contributed by atoms with Gasteiger partial charge in [-0.1, -0.05) is 0 Å². The standard InChI is InChI=1S/C5H10N/c1-2-4-6-5-3-1/h1,6H,2-5H2/q+1. The average Bonchev–Trinajstić information content (AvgIpc) is 1.72. The third-order valence-corrected chi connectivity index (χ3v) is 1.05. The van der Waals surface area contributed by atoms with Crippen molar-refractivity contribution in [3.8, 4) is 0 Å². The molecule has 1 heterocycles. The van der Waals surface area contributed by atoms with Crippen molar-refractivity contribution in [3.63, 3.8) is 0 Å². The second kappa shape index (κ2) is 2.08. The van der Waals surface area contributed by atoms with Crippen LogP contribution in [0.5, 0.6) is 0 Å². The summed E-state index contributed by atoms with van der Waals surface area (Å²) in [5.74, 6) is 0. The van der Waals surface area contributed by atoms with Crippen LogP contribution < -0.4 is 5.32 Å². The van der Waals surface area contributed by atoms with Crippen LogP contribution in [0.15, 0.2) is 0 Å². The summed E-state index contributed by atoms with van der Waals surface area (Å²) in [5.41, 5.74) is 0. The van der Waals surface area contributed by atoms with Crippen molar-refractivity contribution >= 4 is 0 Å². The zero-order valence-corrected chi connectivity index (χ0v) is 3.91. The van der Waals surface area contributed by atoms with Gasteiger partial charge in [0.15, 0.2) is 0 Å². The molecule has 0 aromatic carbocycles. The van der Waals surface area contributed by atoms with E-state index in [2.05, 4.69) is 11.7 Å². The van der Waals surface area contributed by atoms with Gasteiger partial charge in [-0.3, -0.25) is 0 Å². The van der Waals surface area contributed by atoms with Crippen molar-refractivity contribution in [2.45, 2.75) is 12.8 Å². The third kappa shape index (κ3) is 0.902. The van der Waals surface area contributed by atoms with Crippen LogP contribution in [0.25, 0.3) is 0 Å². The molecule has 0 radical (unpaired) electrons. The molecule has 1 aliphatic heterocycles. The van der Waals surface area contributed by atoms with Crippen molar-refractivity contribution in [1.29, 1.82) is 0 Å². The highest BCUT2D eigenvalue weighted by atomic mass is 14.9. The topological polar surface area (TPSA) is 12.0 Å². The first-order valence-electron chi connectivity index (χ1n) is 2.52. The largest absolute Gasteiger partial charge is 0.308 e. The Labute approximate surface area is 38.7 Å². The average molecular weight is 84.1 g/mol. The highest BCUT2D eigenvalue weighted by Crippen LogP contribution is 1.94. The van der Waals surface area contributed by atoms with E-state index in [4.69, 9.17) is 0 Å². The van der Waals surface area contributed by atoms with Gasteiger partial charge in [-0.25, -0.2) is 0 Å². The molecule has 6 heavy (non-hydrogen) atoms. The Balaban J connectivity index is 2.00. The van der Waals surface area contributed by atoms with Crippen LogP contribution in [0, 0.1) is 6.42 Å². The van der Waals surface area contributed by atoms with Crippen molar-refractivity contribution in [3.05, 3.63) is 6.42 Å². The summed E-state index contributed by atoms with van der Waals surface area (Å²) in [5, 5.41) is 3.25. The fraction of sp³-hybridized carbons (Fsp3) is 0.800. The highest BCUT2D eigenvalue weighted by molar-refractivity contribution is 4.72. The van der Waals surface area contributed by atoms with Crippen LogP contribution >= 0.6 is 0 Å². The number of hydrogen-bond donors (Lipinski definition) is 1. The van der Waals surface area contributed by atoms with Crippen LogP contribution in [-0.2, 0) is 0 Å². The molecule has 0 unspecified atom stereocenters. The van der Waals surface area contributed by atoms with E-state index in [0.29, 0.717) is 0 Å². The van der Waals surface area contributed by atoms with Crippen LogP contribution in [0.4, 0.5) is 0 Å². The van der Waals surface area contributed by atoms with Gasteiger partial charge < -0.3 is 5.32 Å². The van der Waals surface area contributed by atoms with Crippen LogP contribution in [0.1, 0.15) is 12.8 Å². The molecule has 1 aliphatic rings. The van der Waals surface area contributed by atoms with E-state index in [1.54, 1.807) is 0 Å². The fourth-order valence-electron chi connectivity index (χ4n) is 0.678. The van der Waals surface area contributed by atoms with Crippen LogP contribution in [-0.4, -0.2) is 13.1 Å². The zero-order valence-electron chi connectivity index (χ0n) is 3.91. The quantitative estimate of drug-likeness (QED) is 0.423. The summed E-state index contributed by atoms with van der Waals surface area (Å²) in [6.45, 7) is 2.39. The molecule has 1 fully saturated rings. The van der Waals surface area contributed by atoms with Gasteiger partial charge in [-0.15, -0.1) is 0 Å². The second-order valence-corrected chi connectivity index (χ2v) is 1.62. The molecule has 0 bridgehead atoms. The molecular weight excluding hydrogens is 74.1 g/mol. The summed E-state index contributed by atoms with van der Waals surface area (Å²) in [6, 6.07) is 0. The molecule has 0 atom stereocenters. The summed E-state index contributed by atoms with van der Waals surface area (Å²) in [7, 11) is 0. The maximum atomic E-state index is 3.25. The van der Waals surface area contributed by atoms with E-state index < -0.39 is 0 Å². The van der Waals surface area contributed by atoms with Gasteiger partial charge in [0.1, 0.15) is 0 Å². The van der Waals surface area contributed by atoms with Crippen molar-refractivity contribution in [2.75, 3.05) is 13.1 Å². The minimum absolute atomic E-state index is 1.19. The lowest BCUT2D eigenvalue weighted by Crippen LogP contribution is -2.21. The van der Waals surface area contributed by atoms with E-state index >= 15 is 0 Å². The second-order valence-electron chi connectivity index (χ2n) is 1.62. The third-order valence-electron chi connectivity index (χ3n) is 1.05. The molecule has 0 saturated carbocycles. The van der Waals surface area contributed by atoms with Crippen LogP contribution in [0.2, 0.25) is 0 Å². The predicted octanol–water partition coefficient (Wildman–Crippen LogP) is 0.574. The lowest BCUT2D eigenvalue weighted by molar-refractivity contribution is 0.604. The Hall–Kier alpha value is -0.170. The molecule has 1 rings (SSSR count). The fourth-order valence-corrected chi connectivity index (χ4v) is 0.678. The van der Waals surface area contributed by atoms with Gasteiger partial charge in [0.05, 0.1) is 19.3 Å². The first-order valence-corrected chi connectivity index (χ1v) is 2.52. The number of piperidine rings is 1. The smallest absolute Gasteiger partial charge is 0.1000 e. The lowest BCUT2D eigenvalue weighted by Gasteiger charge is -2.01. The van der Waals surface area contributed by atoms with Crippen molar-refractivity contribution in [1.82, 2.24) is 5.32 Å². The van der Waals surface area contributed by atoms with Gasteiger partial charge in [0, 0.05) is 13.1 Å². The van der Waals surface area contributed by atoms with Gasteiger partial charge in [0.2, 0.25) is 0 Å². The van der Waals surface area contributed by atoms with E-state index in [9.17, 15) is 0 Å². The normalized spacial score (nSPS) is 22.7.